The Balaban J connectivity index is 1.79. The van der Waals surface area contributed by atoms with Crippen molar-refractivity contribution in [3.05, 3.63) is 65.7 Å². The average molecular weight is 352 g/mol. The Kier molecular flexibility index (Phi) is 6.41. The van der Waals surface area contributed by atoms with Gasteiger partial charge in [-0.3, -0.25) is 4.79 Å². The van der Waals surface area contributed by atoms with Crippen molar-refractivity contribution >= 4 is 5.91 Å². The summed E-state index contributed by atoms with van der Waals surface area (Å²) >= 11 is 0. The van der Waals surface area contributed by atoms with E-state index in [0.29, 0.717) is 6.42 Å². The number of rotatable bonds is 7. The van der Waals surface area contributed by atoms with E-state index in [1.165, 1.54) is 18.2 Å². The van der Waals surface area contributed by atoms with Crippen molar-refractivity contribution in [2.45, 2.75) is 18.6 Å². The largest absolute Gasteiger partial charge is 0.491 e. The first-order valence-electron chi connectivity index (χ1n) is 7.74. The third-order valence-corrected chi connectivity index (χ3v) is 3.49. The zero-order chi connectivity index (χ0) is 18.3. The number of carbonyl (C=O) groups excluding carboxylic acids is 1. The summed E-state index contributed by atoms with van der Waals surface area (Å²) in [6, 6.07) is 13.5. The van der Waals surface area contributed by atoms with Crippen molar-refractivity contribution in [1.29, 1.82) is 0 Å². The molecule has 0 bridgehead atoms. The maximum Gasteiger partial charge on any atom is 0.419 e. The molecular formula is C18H19F3N2O2. The molecule has 0 saturated carbocycles. The topological polar surface area (TPSA) is 64.4 Å². The molecule has 0 spiro atoms. The van der Waals surface area contributed by atoms with Gasteiger partial charge in [-0.15, -0.1) is 0 Å². The Morgan fingerprint density at radius 1 is 1.08 bits per heavy atom. The fourth-order valence-corrected chi connectivity index (χ4v) is 2.25. The normalized spacial score (nSPS) is 12.5. The molecule has 0 aliphatic heterocycles. The van der Waals surface area contributed by atoms with E-state index in [4.69, 9.17) is 10.5 Å². The Bertz CT molecular complexity index is 690. The van der Waals surface area contributed by atoms with E-state index < -0.39 is 17.8 Å². The van der Waals surface area contributed by atoms with E-state index in [0.717, 1.165) is 11.6 Å². The molecule has 3 N–H and O–H groups in total. The van der Waals surface area contributed by atoms with Crippen molar-refractivity contribution in [3.63, 3.8) is 0 Å². The van der Waals surface area contributed by atoms with E-state index in [9.17, 15) is 18.0 Å². The summed E-state index contributed by atoms with van der Waals surface area (Å²) in [5.41, 5.74) is 5.91. The lowest BCUT2D eigenvalue weighted by molar-refractivity contribution is -0.139. The molecule has 1 amide bonds. The minimum atomic E-state index is -4.49. The molecule has 0 saturated heterocycles. The number of amides is 1. The summed E-state index contributed by atoms with van der Waals surface area (Å²) < 4.78 is 43.6. The van der Waals surface area contributed by atoms with E-state index in [1.54, 1.807) is 0 Å². The Morgan fingerprint density at radius 3 is 2.40 bits per heavy atom. The van der Waals surface area contributed by atoms with Crippen molar-refractivity contribution < 1.29 is 22.7 Å². The lowest BCUT2D eigenvalue weighted by Crippen LogP contribution is -2.43. The zero-order valence-electron chi connectivity index (χ0n) is 13.4. The van der Waals surface area contributed by atoms with Gasteiger partial charge in [-0.2, -0.15) is 13.2 Å². The van der Waals surface area contributed by atoms with E-state index in [1.807, 2.05) is 30.3 Å². The molecule has 2 rings (SSSR count). The third-order valence-electron chi connectivity index (χ3n) is 3.49. The Labute approximate surface area is 143 Å². The van der Waals surface area contributed by atoms with Gasteiger partial charge >= 0.3 is 6.18 Å². The number of benzene rings is 2. The first kappa shape index (κ1) is 18.8. The molecule has 0 heterocycles. The zero-order valence-corrected chi connectivity index (χ0v) is 13.4. The number of carbonyl (C=O) groups is 1. The second-order valence-corrected chi connectivity index (χ2v) is 5.43. The van der Waals surface area contributed by atoms with Crippen LogP contribution in [0.4, 0.5) is 13.2 Å². The molecule has 7 heteroatoms. The fraction of sp³-hybridized carbons (Fsp3) is 0.278. The number of nitrogens with two attached hydrogens (primary N) is 1. The second kappa shape index (κ2) is 8.53. The SMILES string of the molecule is N[C@@H](Cc1ccccc1)C(=O)NCCOc1ccccc1C(F)(F)F. The quantitative estimate of drug-likeness (QED) is 0.753. The average Bonchev–Trinajstić information content (AvgIpc) is 2.59. The molecule has 0 unspecified atom stereocenters. The maximum absolute atomic E-state index is 12.8. The van der Waals surface area contributed by atoms with E-state index in [2.05, 4.69) is 5.32 Å². The van der Waals surface area contributed by atoms with Crippen LogP contribution in [0.25, 0.3) is 0 Å². The first-order chi connectivity index (χ1) is 11.9. The molecule has 4 nitrogen and oxygen atoms in total. The number of halogens is 3. The monoisotopic (exact) mass is 352 g/mol. The van der Waals surface area contributed by atoms with Gasteiger partial charge in [0, 0.05) is 0 Å². The van der Waals surface area contributed by atoms with Crippen molar-refractivity contribution in [1.82, 2.24) is 5.32 Å². The number of nitrogens with one attached hydrogen (secondary N) is 1. The lowest BCUT2D eigenvalue weighted by atomic mass is 10.1. The van der Waals surface area contributed by atoms with Gasteiger partial charge in [0.25, 0.3) is 0 Å². The van der Waals surface area contributed by atoms with Crippen LogP contribution in [0, 0.1) is 0 Å². The highest BCUT2D eigenvalue weighted by atomic mass is 19.4. The summed E-state index contributed by atoms with van der Waals surface area (Å²) in [4.78, 5) is 11.9. The Morgan fingerprint density at radius 2 is 1.72 bits per heavy atom. The summed E-state index contributed by atoms with van der Waals surface area (Å²) in [7, 11) is 0. The molecule has 0 radical (unpaired) electrons. The molecule has 25 heavy (non-hydrogen) atoms. The first-order valence-corrected chi connectivity index (χ1v) is 7.74. The number of para-hydroxylation sites is 1. The highest BCUT2D eigenvalue weighted by Crippen LogP contribution is 2.35. The molecule has 0 fully saturated rings. The number of hydrogen-bond donors (Lipinski definition) is 2. The van der Waals surface area contributed by atoms with Crippen molar-refractivity contribution in [2.75, 3.05) is 13.2 Å². The van der Waals surface area contributed by atoms with Gasteiger partial charge in [0.2, 0.25) is 5.91 Å². The predicted octanol–water partition coefficient (Wildman–Crippen LogP) is 2.77. The summed E-state index contributed by atoms with van der Waals surface area (Å²) in [5.74, 6) is -0.644. The molecule has 1 atom stereocenters. The van der Waals surface area contributed by atoms with Gasteiger partial charge in [-0.25, -0.2) is 0 Å². The number of alkyl halides is 3. The van der Waals surface area contributed by atoms with Crippen LogP contribution < -0.4 is 15.8 Å². The Hall–Kier alpha value is -2.54. The van der Waals surface area contributed by atoms with Crippen LogP contribution in [0.5, 0.6) is 5.75 Å². The predicted molar refractivity (Wildman–Crippen MR) is 88.1 cm³/mol. The van der Waals surface area contributed by atoms with Crippen molar-refractivity contribution in [3.8, 4) is 5.75 Å². The van der Waals surface area contributed by atoms with Gasteiger partial charge in [0.1, 0.15) is 12.4 Å². The second-order valence-electron chi connectivity index (χ2n) is 5.43. The molecule has 2 aromatic rings. The standard InChI is InChI=1S/C18H19F3N2O2/c19-18(20,21)14-8-4-5-9-16(14)25-11-10-23-17(24)15(22)12-13-6-2-1-3-7-13/h1-9,15H,10-12,22H2,(H,23,24)/t15-/m0/s1. The fourth-order valence-electron chi connectivity index (χ4n) is 2.25. The highest BCUT2D eigenvalue weighted by Gasteiger charge is 2.33. The minimum absolute atomic E-state index is 0.0630. The summed E-state index contributed by atoms with van der Waals surface area (Å²) in [5, 5.41) is 2.56. The van der Waals surface area contributed by atoms with Crippen LogP contribution in [-0.2, 0) is 17.4 Å². The highest BCUT2D eigenvalue weighted by molar-refractivity contribution is 5.81. The molecule has 0 aliphatic rings. The lowest BCUT2D eigenvalue weighted by Gasteiger charge is -2.15. The van der Waals surface area contributed by atoms with Crippen LogP contribution in [-0.4, -0.2) is 25.1 Å². The van der Waals surface area contributed by atoms with Crippen LogP contribution in [0.1, 0.15) is 11.1 Å². The maximum atomic E-state index is 12.8. The third kappa shape index (κ3) is 5.79. The van der Waals surface area contributed by atoms with E-state index >= 15 is 0 Å². The van der Waals surface area contributed by atoms with Gasteiger partial charge in [-0.05, 0) is 24.1 Å². The number of hydrogen-bond acceptors (Lipinski definition) is 3. The molecular weight excluding hydrogens is 333 g/mol. The van der Waals surface area contributed by atoms with Crippen LogP contribution in [0.3, 0.4) is 0 Å². The molecule has 0 aromatic heterocycles. The van der Waals surface area contributed by atoms with Crippen LogP contribution in [0.2, 0.25) is 0 Å². The van der Waals surface area contributed by atoms with E-state index in [-0.39, 0.29) is 24.8 Å². The number of ether oxygens (including phenoxy) is 1. The summed E-state index contributed by atoms with van der Waals surface area (Å²) in [6.07, 6.45) is -4.11. The molecule has 134 valence electrons. The summed E-state index contributed by atoms with van der Waals surface area (Å²) in [6.45, 7) is -0.0234. The smallest absolute Gasteiger partial charge is 0.419 e. The van der Waals surface area contributed by atoms with Gasteiger partial charge in [0.15, 0.2) is 0 Å². The molecule has 2 aromatic carbocycles. The molecule has 0 aliphatic carbocycles. The van der Waals surface area contributed by atoms with Gasteiger partial charge in [-0.1, -0.05) is 42.5 Å². The van der Waals surface area contributed by atoms with Gasteiger partial charge in [0.05, 0.1) is 18.2 Å². The van der Waals surface area contributed by atoms with Gasteiger partial charge < -0.3 is 15.8 Å². The minimum Gasteiger partial charge on any atom is -0.491 e. The van der Waals surface area contributed by atoms with Crippen molar-refractivity contribution in [2.24, 2.45) is 5.73 Å². The van der Waals surface area contributed by atoms with Crippen LogP contribution >= 0.6 is 0 Å². The van der Waals surface area contributed by atoms with Crippen LogP contribution in [0.15, 0.2) is 54.6 Å².